The van der Waals surface area contributed by atoms with Gasteiger partial charge in [0.1, 0.15) is 0 Å². The molecule has 0 atom stereocenters. The quantitative estimate of drug-likeness (QED) is 0.558. The molecule has 0 saturated carbocycles. The predicted octanol–water partition coefficient (Wildman–Crippen LogP) is 2.36. The van der Waals surface area contributed by atoms with Crippen molar-refractivity contribution in [1.29, 1.82) is 0 Å². The van der Waals surface area contributed by atoms with Gasteiger partial charge in [-0.25, -0.2) is 0 Å². The van der Waals surface area contributed by atoms with Gasteiger partial charge in [-0.3, -0.25) is 0 Å². The lowest BCUT2D eigenvalue weighted by atomic mass is 10.1. The highest BCUT2D eigenvalue weighted by Gasteiger charge is 2.20. The van der Waals surface area contributed by atoms with E-state index < -0.39 is 0 Å². The van der Waals surface area contributed by atoms with Gasteiger partial charge in [0.05, 0.1) is 0 Å². The molecule has 1 aliphatic heterocycles. The molecule has 3 heteroatoms. The maximum absolute atomic E-state index is 11.2. The third-order valence-electron chi connectivity index (χ3n) is 2.21. The largest absolute Gasteiger partial charge is 0.758 e. The molecule has 0 aromatic rings. The number of nitrogens with zero attached hydrogens (tertiary/aromatic N) is 1. The molecular weight excluding hydrogens is 162 g/mol. The first-order valence-corrected chi connectivity index (χ1v) is 4.19. The molecule has 0 bridgehead atoms. The van der Waals surface area contributed by atoms with Gasteiger partial charge < -0.3 is 10.3 Å². The number of rotatable bonds is 0. The van der Waals surface area contributed by atoms with E-state index in [0.29, 0.717) is 6.54 Å². The van der Waals surface area contributed by atoms with Crippen molar-refractivity contribution >= 4 is 11.6 Å². The van der Waals surface area contributed by atoms with E-state index in [0.717, 1.165) is 40.6 Å². The lowest BCUT2D eigenvalue weighted by Gasteiger charge is -2.34. The summed E-state index contributed by atoms with van der Waals surface area (Å²) in [5.41, 5.74) is 1.99. The second-order valence-corrected chi connectivity index (χ2v) is 3.30. The van der Waals surface area contributed by atoms with E-state index in [-0.39, 0.29) is 0 Å². The Labute approximate surface area is 70.7 Å². The van der Waals surface area contributed by atoms with Crippen LogP contribution in [0.4, 0.5) is 0 Å². The summed E-state index contributed by atoms with van der Waals surface area (Å²) in [4.78, 5) is 0. The highest BCUT2D eigenvalue weighted by atomic mass is 35.5. The Morgan fingerprint density at radius 2 is 2.27 bits per heavy atom. The van der Waals surface area contributed by atoms with E-state index in [1.807, 2.05) is 0 Å². The van der Waals surface area contributed by atoms with Gasteiger partial charge >= 0.3 is 0 Å². The standard InChI is InChI=1S/C8H9ClNO/c9-7-4-5-10(11)8-3-1-2-6(7)8/h4H,1-3,5H2/q-1. The summed E-state index contributed by atoms with van der Waals surface area (Å²) in [5, 5.41) is 13.0. The molecule has 0 aromatic carbocycles. The number of allylic oxidation sites excluding steroid dienone is 3. The maximum Gasteiger partial charge on any atom is 0.0432 e. The van der Waals surface area contributed by atoms with Crippen LogP contribution in [0, 0.1) is 5.21 Å². The number of hydrogen-bond acceptors (Lipinski definition) is 2. The molecule has 2 aliphatic rings. The summed E-state index contributed by atoms with van der Waals surface area (Å²) in [5.74, 6) is 0. The Kier molecular flexibility index (Phi) is 1.66. The van der Waals surface area contributed by atoms with E-state index in [1.54, 1.807) is 6.08 Å². The molecule has 0 saturated heterocycles. The molecule has 1 aliphatic carbocycles. The molecule has 0 aromatic heterocycles. The topological polar surface area (TPSA) is 26.3 Å². The van der Waals surface area contributed by atoms with Crippen molar-refractivity contribution in [1.82, 2.24) is 5.06 Å². The van der Waals surface area contributed by atoms with Gasteiger partial charge in [0, 0.05) is 17.3 Å². The minimum Gasteiger partial charge on any atom is -0.758 e. The molecule has 2 nitrogen and oxygen atoms in total. The Morgan fingerprint density at radius 3 is 3.00 bits per heavy atom. The Bertz CT molecular complexity index is 244. The summed E-state index contributed by atoms with van der Waals surface area (Å²) in [6, 6.07) is 0. The second kappa shape index (κ2) is 2.54. The van der Waals surface area contributed by atoms with Crippen molar-refractivity contribution < 1.29 is 0 Å². The van der Waals surface area contributed by atoms with E-state index in [4.69, 9.17) is 11.6 Å². The molecule has 11 heavy (non-hydrogen) atoms. The van der Waals surface area contributed by atoms with Gasteiger partial charge in [-0.2, -0.15) is 0 Å². The van der Waals surface area contributed by atoms with E-state index in [9.17, 15) is 5.21 Å². The number of hydroxylamine groups is 2. The van der Waals surface area contributed by atoms with Crippen LogP contribution in [0.3, 0.4) is 0 Å². The third-order valence-corrected chi connectivity index (χ3v) is 2.60. The van der Waals surface area contributed by atoms with Crippen LogP contribution in [0.5, 0.6) is 0 Å². The Morgan fingerprint density at radius 1 is 1.45 bits per heavy atom. The molecular formula is C8H9ClNO-. The van der Waals surface area contributed by atoms with Crippen LogP contribution in [0.25, 0.3) is 0 Å². The van der Waals surface area contributed by atoms with Gasteiger partial charge in [-0.05, 0) is 30.9 Å². The summed E-state index contributed by atoms with van der Waals surface area (Å²) in [6.07, 6.45) is 4.75. The van der Waals surface area contributed by atoms with E-state index in [1.165, 1.54) is 0 Å². The summed E-state index contributed by atoms with van der Waals surface area (Å²) < 4.78 is 0. The zero-order valence-electron chi connectivity index (χ0n) is 6.14. The zero-order valence-corrected chi connectivity index (χ0v) is 6.90. The fourth-order valence-corrected chi connectivity index (χ4v) is 1.93. The average Bonchev–Trinajstić information content (AvgIpc) is 2.45. The van der Waals surface area contributed by atoms with Crippen molar-refractivity contribution in [2.45, 2.75) is 19.3 Å². The number of hydrogen-bond donors (Lipinski definition) is 0. The van der Waals surface area contributed by atoms with Crippen molar-refractivity contribution in [2.24, 2.45) is 0 Å². The van der Waals surface area contributed by atoms with E-state index >= 15 is 0 Å². The van der Waals surface area contributed by atoms with Crippen molar-refractivity contribution in [3.05, 3.63) is 27.6 Å². The highest BCUT2D eigenvalue weighted by molar-refractivity contribution is 6.32. The lowest BCUT2D eigenvalue weighted by molar-refractivity contribution is 0.494. The Hall–Kier alpha value is -0.470. The first-order valence-electron chi connectivity index (χ1n) is 3.82. The molecule has 2 rings (SSSR count). The molecule has 1 heterocycles. The van der Waals surface area contributed by atoms with Crippen molar-refractivity contribution in [3.63, 3.8) is 0 Å². The minimum atomic E-state index is 0.428. The van der Waals surface area contributed by atoms with Gasteiger partial charge in [-0.1, -0.05) is 11.6 Å². The van der Waals surface area contributed by atoms with Crippen LogP contribution < -0.4 is 0 Å². The summed E-state index contributed by atoms with van der Waals surface area (Å²) in [6.45, 7) is 0.428. The Balaban J connectivity index is 2.36. The first-order chi connectivity index (χ1) is 5.29. The van der Waals surface area contributed by atoms with Crippen LogP contribution >= 0.6 is 11.6 Å². The van der Waals surface area contributed by atoms with Gasteiger partial charge in [0.15, 0.2) is 0 Å². The molecule has 0 fully saturated rings. The van der Waals surface area contributed by atoms with Gasteiger partial charge in [0.25, 0.3) is 0 Å². The summed E-state index contributed by atoms with van der Waals surface area (Å²) >= 11 is 5.92. The van der Waals surface area contributed by atoms with Crippen molar-refractivity contribution in [3.8, 4) is 0 Å². The minimum absolute atomic E-state index is 0.428. The van der Waals surface area contributed by atoms with Crippen LogP contribution in [0.15, 0.2) is 22.4 Å². The second-order valence-electron chi connectivity index (χ2n) is 2.89. The average molecular weight is 171 g/mol. The smallest absolute Gasteiger partial charge is 0.0432 e. The molecule has 0 spiro atoms. The fraction of sp³-hybridized carbons (Fsp3) is 0.500. The fourth-order valence-electron chi connectivity index (χ4n) is 1.66. The van der Waals surface area contributed by atoms with Crippen LogP contribution in [0.2, 0.25) is 0 Å². The normalized spacial score (nSPS) is 23.8. The number of halogens is 1. The van der Waals surface area contributed by atoms with Crippen LogP contribution in [0.1, 0.15) is 19.3 Å². The SMILES string of the molecule is [O-]N1CC=C(Cl)C2=C1CCC2. The molecule has 60 valence electrons. The maximum atomic E-state index is 11.2. The van der Waals surface area contributed by atoms with E-state index in [2.05, 4.69) is 0 Å². The molecule has 0 N–H and O–H groups in total. The summed E-state index contributed by atoms with van der Waals surface area (Å²) in [7, 11) is 0. The van der Waals surface area contributed by atoms with Crippen LogP contribution in [-0.4, -0.2) is 11.6 Å². The highest BCUT2D eigenvalue weighted by Crippen LogP contribution is 2.37. The zero-order chi connectivity index (χ0) is 7.84. The lowest BCUT2D eigenvalue weighted by Crippen LogP contribution is -2.18. The van der Waals surface area contributed by atoms with Gasteiger partial charge in [-0.15, -0.1) is 0 Å². The molecule has 0 radical (unpaired) electrons. The first kappa shape index (κ1) is 7.19. The van der Waals surface area contributed by atoms with Gasteiger partial charge in [0.2, 0.25) is 0 Å². The van der Waals surface area contributed by atoms with Crippen LogP contribution in [-0.2, 0) is 0 Å². The predicted molar refractivity (Wildman–Crippen MR) is 44.9 cm³/mol. The van der Waals surface area contributed by atoms with Crippen molar-refractivity contribution in [2.75, 3.05) is 6.54 Å². The molecule has 0 unspecified atom stereocenters. The molecule has 0 amide bonds. The third kappa shape index (κ3) is 1.06. The monoisotopic (exact) mass is 170 g/mol.